The van der Waals surface area contributed by atoms with E-state index in [1.54, 1.807) is 30.3 Å². The summed E-state index contributed by atoms with van der Waals surface area (Å²) >= 11 is 10.7. The molecule has 1 amide bonds. The van der Waals surface area contributed by atoms with Crippen LogP contribution in [0.25, 0.3) is 6.08 Å². The lowest BCUT2D eigenvalue weighted by Gasteiger charge is -2.08. The predicted molar refractivity (Wildman–Crippen MR) is 114 cm³/mol. The van der Waals surface area contributed by atoms with Crippen LogP contribution < -0.4 is 10.1 Å². The average Bonchev–Trinajstić information content (AvgIpc) is 2.96. The van der Waals surface area contributed by atoms with E-state index in [2.05, 4.69) is 26.2 Å². The van der Waals surface area contributed by atoms with E-state index in [-0.39, 0.29) is 5.91 Å². The van der Waals surface area contributed by atoms with Gasteiger partial charge >= 0.3 is 5.97 Å². The molecule has 1 saturated heterocycles. The van der Waals surface area contributed by atoms with E-state index < -0.39 is 12.6 Å². The first-order chi connectivity index (χ1) is 13.3. The first-order valence-electron chi connectivity index (χ1n) is 8.02. The molecule has 3 rings (SSSR count). The molecule has 0 unspecified atom stereocenters. The van der Waals surface area contributed by atoms with Crippen molar-refractivity contribution >= 4 is 68.1 Å². The summed E-state index contributed by atoms with van der Waals surface area (Å²) in [6.45, 7) is 1.42. The number of ether oxygens (including phenoxy) is 1. The van der Waals surface area contributed by atoms with Gasteiger partial charge in [-0.15, -0.1) is 0 Å². The molecule has 2 N–H and O–H groups in total. The number of aryl methyl sites for hydroxylation is 1. The zero-order valence-electron chi connectivity index (χ0n) is 14.5. The van der Waals surface area contributed by atoms with Crippen LogP contribution in [-0.4, -0.2) is 28.8 Å². The van der Waals surface area contributed by atoms with Crippen LogP contribution >= 0.6 is 39.3 Å². The molecule has 0 spiro atoms. The van der Waals surface area contributed by atoms with Crippen LogP contribution in [0.15, 0.2) is 50.8 Å². The molecule has 1 aliphatic heterocycles. The Labute approximate surface area is 178 Å². The predicted octanol–water partition coefficient (Wildman–Crippen LogP) is 4.77. The van der Waals surface area contributed by atoms with Crippen LogP contribution in [-0.2, 0) is 9.59 Å². The zero-order chi connectivity index (χ0) is 20.3. The maximum absolute atomic E-state index is 12.3. The van der Waals surface area contributed by atoms with E-state index in [9.17, 15) is 9.59 Å². The van der Waals surface area contributed by atoms with E-state index in [1.165, 1.54) is 11.8 Å². The Kier molecular flexibility index (Phi) is 6.43. The highest BCUT2D eigenvalue weighted by molar-refractivity contribution is 9.10. The highest BCUT2D eigenvalue weighted by Crippen LogP contribution is 2.32. The Bertz CT molecular complexity index is 1020. The van der Waals surface area contributed by atoms with Crippen molar-refractivity contribution in [2.75, 3.05) is 6.61 Å². The van der Waals surface area contributed by atoms with Crippen molar-refractivity contribution in [3.63, 3.8) is 0 Å². The Morgan fingerprint density at radius 3 is 2.86 bits per heavy atom. The number of hydrogen-bond donors (Lipinski definition) is 2. The summed E-state index contributed by atoms with van der Waals surface area (Å²) in [6.07, 6.45) is 1.63. The number of hydrogen-bond acceptors (Lipinski definition) is 5. The minimum Gasteiger partial charge on any atom is -0.481 e. The molecule has 1 heterocycles. The number of thioether (sulfide) groups is 1. The van der Waals surface area contributed by atoms with Crippen LogP contribution in [0.4, 0.5) is 5.69 Å². The molecule has 0 radical (unpaired) electrons. The zero-order valence-corrected chi connectivity index (χ0v) is 17.7. The molecule has 0 saturated carbocycles. The fraction of sp³-hybridized carbons (Fsp3) is 0.105. The van der Waals surface area contributed by atoms with Crippen LogP contribution in [0.2, 0.25) is 5.02 Å². The second-order valence-electron chi connectivity index (χ2n) is 5.78. The van der Waals surface area contributed by atoms with Crippen LogP contribution in [0.1, 0.15) is 11.1 Å². The van der Waals surface area contributed by atoms with E-state index in [4.69, 9.17) is 21.4 Å². The van der Waals surface area contributed by atoms with Crippen molar-refractivity contribution in [2.24, 2.45) is 4.99 Å². The third kappa shape index (κ3) is 5.15. The summed E-state index contributed by atoms with van der Waals surface area (Å²) in [7, 11) is 0. The number of carbonyl (C=O) groups excluding carboxylic acids is 1. The van der Waals surface area contributed by atoms with Crippen molar-refractivity contribution < 1.29 is 19.4 Å². The first-order valence-corrected chi connectivity index (χ1v) is 10.0. The van der Waals surface area contributed by atoms with Crippen LogP contribution in [0.3, 0.4) is 0 Å². The number of rotatable bonds is 5. The molecule has 6 nitrogen and oxygen atoms in total. The molecule has 0 bridgehead atoms. The van der Waals surface area contributed by atoms with Crippen LogP contribution in [0, 0.1) is 6.92 Å². The number of halogens is 2. The monoisotopic (exact) mass is 480 g/mol. The van der Waals surface area contributed by atoms with Crippen molar-refractivity contribution in [1.82, 2.24) is 5.32 Å². The molecule has 1 aliphatic rings. The average molecular weight is 482 g/mol. The SMILES string of the molecule is Cc1ccc(N=C2NC(=O)/C(=C/c3cc(Br)ccc3OCC(=O)O)S2)cc1Cl. The maximum Gasteiger partial charge on any atom is 0.341 e. The Morgan fingerprint density at radius 2 is 2.14 bits per heavy atom. The summed E-state index contributed by atoms with van der Waals surface area (Å²) in [5, 5.41) is 12.6. The quantitative estimate of drug-likeness (QED) is 0.601. The molecular weight excluding hydrogens is 468 g/mol. The minimum absolute atomic E-state index is 0.300. The number of benzene rings is 2. The van der Waals surface area contributed by atoms with Gasteiger partial charge in [-0.2, -0.15) is 0 Å². The normalized spacial score (nSPS) is 16.5. The second-order valence-corrected chi connectivity index (χ2v) is 8.13. The molecule has 0 aromatic heterocycles. The number of nitrogens with zero attached hydrogens (tertiary/aromatic N) is 1. The van der Waals surface area contributed by atoms with Gasteiger partial charge < -0.3 is 15.2 Å². The molecule has 28 heavy (non-hydrogen) atoms. The number of carboxylic acids is 1. The molecule has 2 aromatic rings. The van der Waals surface area contributed by atoms with Crippen molar-refractivity contribution in [1.29, 1.82) is 0 Å². The van der Waals surface area contributed by atoms with E-state index in [0.29, 0.717) is 32.1 Å². The van der Waals surface area contributed by atoms with Gasteiger partial charge in [0.2, 0.25) is 0 Å². The smallest absolute Gasteiger partial charge is 0.341 e. The molecule has 0 atom stereocenters. The summed E-state index contributed by atoms with van der Waals surface area (Å²) in [6, 6.07) is 10.5. The van der Waals surface area contributed by atoms with Gasteiger partial charge in [0, 0.05) is 15.1 Å². The summed E-state index contributed by atoms with van der Waals surface area (Å²) < 4.78 is 6.07. The van der Waals surface area contributed by atoms with Gasteiger partial charge in [-0.25, -0.2) is 9.79 Å². The lowest BCUT2D eigenvalue weighted by Crippen LogP contribution is -2.19. The highest BCUT2D eigenvalue weighted by atomic mass is 79.9. The summed E-state index contributed by atoms with van der Waals surface area (Å²) in [4.78, 5) is 27.9. The summed E-state index contributed by atoms with van der Waals surface area (Å²) in [5.74, 6) is -1.02. The number of aliphatic carboxylic acids is 1. The molecule has 0 aliphatic carbocycles. The van der Waals surface area contributed by atoms with E-state index in [0.717, 1.165) is 10.0 Å². The Balaban J connectivity index is 1.86. The van der Waals surface area contributed by atoms with Gasteiger partial charge in [0.15, 0.2) is 11.8 Å². The third-order valence-electron chi connectivity index (χ3n) is 3.65. The van der Waals surface area contributed by atoms with Gasteiger partial charge in [-0.05, 0) is 60.7 Å². The Hall–Kier alpha value is -2.29. The minimum atomic E-state index is -1.08. The number of amides is 1. The third-order valence-corrected chi connectivity index (χ3v) is 5.46. The molecule has 9 heteroatoms. The van der Waals surface area contributed by atoms with E-state index in [1.807, 2.05) is 19.1 Å². The number of carboxylic acid groups (broad SMARTS) is 1. The molecule has 2 aromatic carbocycles. The first kappa shape index (κ1) is 20.4. The lowest BCUT2D eigenvalue weighted by atomic mass is 10.2. The van der Waals surface area contributed by atoms with E-state index >= 15 is 0 Å². The fourth-order valence-corrected chi connectivity index (χ4v) is 3.68. The van der Waals surface area contributed by atoms with Gasteiger partial charge in [0.05, 0.1) is 10.6 Å². The molecular formula is C19H14BrClN2O4S. The fourth-order valence-electron chi connectivity index (χ4n) is 2.29. The number of carbonyl (C=O) groups is 2. The molecule has 144 valence electrons. The number of nitrogens with one attached hydrogen (secondary N) is 1. The lowest BCUT2D eigenvalue weighted by molar-refractivity contribution is -0.139. The Morgan fingerprint density at radius 1 is 1.36 bits per heavy atom. The maximum atomic E-state index is 12.3. The number of amidine groups is 1. The van der Waals surface area contributed by atoms with Crippen LogP contribution in [0.5, 0.6) is 5.75 Å². The van der Waals surface area contributed by atoms with Gasteiger partial charge in [-0.1, -0.05) is 33.6 Å². The second kappa shape index (κ2) is 8.81. The highest BCUT2D eigenvalue weighted by Gasteiger charge is 2.24. The molecule has 1 fully saturated rings. The van der Waals surface area contributed by atoms with Crippen molar-refractivity contribution in [2.45, 2.75) is 6.92 Å². The van der Waals surface area contributed by atoms with Crippen molar-refractivity contribution in [3.05, 3.63) is 61.9 Å². The van der Waals surface area contributed by atoms with Gasteiger partial charge in [-0.3, -0.25) is 4.79 Å². The van der Waals surface area contributed by atoms with Gasteiger partial charge in [0.25, 0.3) is 5.91 Å². The largest absolute Gasteiger partial charge is 0.481 e. The summed E-state index contributed by atoms with van der Waals surface area (Å²) in [5.41, 5.74) is 2.15. The standard InChI is InChI=1S/C19H14BrClN2O4S/c1-10-2-4-13(8-14(10)21)22-19-23-18(26)16(28-19)7-11-6-12(20)3-5-15(11)27-9-17(24)25/h2-8H,9H2,1H3,(H,24,25)(H,22,23,26)/b16-7-. The topological polar surface area (TPSA) is 88.0 Å². The van der Waals surface area contributed by atoms with Gasteiger partial charge in [0.1, 0.15) is 5.75 Å². The number of aliphatic imine (C=N–C) groups is 1. The van der Waals surface area contributed by atoms with Crippen molar-refractivity contribution in [3.8, 4) is 5.75 Å².